The summed E-state index contributed by atoms with van der Waals surface area (Å²) in [6, 6.07) is 3.52. The van der Waals surface area contributed by atoms with Crippen LogP contribution < -0.4 is 10.6 Å². The normalized spacial score (nSPS) is 13.1. The van der Waals surface area contributed by atoms with Gasteiger partial charge in [-0.2, -0.15) is 0 Å². The first-order chi connectivity index (χ1) is 11.7. The van der Waals surface area contributed by atoms with Crippen molar-refractivity contribution in [1.29, 1.82) is 0 Å². The smallest absolute Gasteiger partial charge is 0.329 e. The SMILES string of the molecule is CCNC(=O)[C@H](C)OC(=O)[C@@H](NC(=O)c1ccc(Cl)cc1Cl)C(C)C. The van der Waals surface area contributed by atoms with E-state index in [4.69, 9.17) is 27.9 Å². The van der Waals surface area contributed by atoms with E-state index in [1.54, 1.807) is 20.8 Å². The van der Waals surface area contributed by atoms with Gasteiger partial charge < -0.3 is 15.4 Å². The van der Waals surface area contributed by atoms with E-state index in [1.165, 1.54) is 25.1 Å². The van der Waals surface area contributed by atoms with E-state index in [9.17, 15) is 14.4 Å². The van der Waals surface area contributed by atoms with Gasteiger partial charge in [-0.1, -0.05) is 37.0 Å². The Morgan fingerprint density at radius 1 is 1.16 bits per heavy atom. The van der Waals surface area contributed by atoms with Gasteiger partial charge in [0, 0.05) is 11.6 Å². The van der Waals surface area contributed by atoms with Crippen molar-refractivity contribution in [3.05, 3.63) is 33.8 Å². The molecule has 0 bridgehead atoms. The highest BCUT2D eigenvalue weighted by Gasteiger charge is 2.29. The molecule has 0 fully saturated rings. The molecule has 6 nitrogen and oxygen atoms in total. The number of likely N-dealkylation sites (N-methyl/N-ethyl adjacent to an activating group) is 1. The van der Waals surface area contributed by atoms with Crippen molar-refractivity contribution < 1.29 is 19.1 Å². The zero-order valence-electron chi connectivity index (χ0n) is 14.6. The van der Waals surface area contributed by atoms with Crippen molar-refractivity contribution in [3.63, 3.8) is 0 Å². The lowest BCUT2D eigenvalue weighted by Crippen LogP contribution is -2.47. The second-order valence-corrected chi connectivity index (χ2v) is 6.64. The molecule has 0 saturated carbocycles. The molecule has 25 heavy (non-hydrogen) atoms. The summed E-state index contributed by atoms with van der Waals surface area (Å²) in [6.45, 7) is 7.18. The predicted molar refractivity (Wildman–Crippen MR) is 96.8 cm³/mol. The van der Waals surface area contributed by atoms with Crippen LogP contribution in [0.15, 0.2) is 18.2 Å². The summed E-state index contributed by atoms with van der Waals surface area (Å²) in [7, 11) is 0. The molecule has 0 aliphatic heterocycles. The quantitative estimate of drug-likeness (QED) is 0.703. The summed E-state index contributed by atoms with van der Waals surface area (Å²) in [5.41, 5.74) is 0.196. The molecule has 1 rings (SSSR count). The fraction of sp³-hybridized carbons (Fsp3) is 0.471. The molecule has 1 aromatic rings. The third kappa shape index (κ3) is 6.21. The molecular weight excluding hydrogens is 367 g/mol. The van der Waals surface area contributed by atoms with Crippen LogP contribution in [0, 0.1) is 5.92 Å². The number of ether oxygens (including phenoxy) is 1. The zero-order chi connectivity index (χ0) is 19.1. The minimum Gasteiger partial charge on any atom is -0.451 e. The van der Waals surface area contributed by atoms with E-state index >= 15 is 0 Å². The third-order valence-corrected chi connectivity index (χ3v) is 3.94. The Balaban J connectivity index is 2.84. The molecule has 8 heteroatoms. The van der Waals surface area contributed by atoms with Crippen molar-refractivity contribution >= 4 is 41.0 Å². The summed E-state index contributed by atoms with van der Waals surface area (Å²) in [5.74, 6) is -1.86. The molecule has 0 saturated heterocycles. The van der Waals surface area contributed by atoms with Crippen molar-refractivity contribution in [2.24, 2.45) is 5.92 Å². The van der Waals surface area contributed by atoms with Crippen molar-refractivity contribution in [2.75, 3.05) is 6.54 Å². The number of hydrogen-bond donors (Lipinski definition) is 2. The van der Waals surface area contributed by atoms with Gasteiger partial charge in [0.15, 0.2) is 6.10 Å². The van der Waals surface area contributed by atoms with E-state index < -0.39 is 29.9 Å². The van der Waals surface area contributed by atoms with Crippen LogP contribution in [0.2, 0.25) is 10.0 Å². The van der Waals surface area contributed by atoms with Crippen molar-refractivity contribution in [2.45, 2.75) is 39.8 Å². The summed E-state index contributed by atoms with van der Waals surface area (Å²) in [5, 5.41) is 5.74. The largest absolute Gasteiger partial charge is 0.451 e. The number of benzene rings is 1. The predicted octanol–water partition coefficient (Wildman–Crippen LogP) is 2.82. The molecule has 2 amide bonds. The summed E-state index contributed by atoms with van der Waals surface area (Å²) in [4.78, 5) is 36.4. The number of esters is 1. The summed E-state index contributed by atoms with van der Waals surface area (Å²) in [6.07, 6.45) is -0.954. The maximum Gasteiger partial charge on any atom is 0.329 e. The van der Waals surface area contributed by atoms with E-state index in [-0.39, 0.29) is 16.5 Å². The minimum atomic E-state index is -0.954. The molecule has 0 aliphatic rings. The summed E-state index contributed by atoms with van der Waals surface area (Å²) >= 11 is 11.8. The maximum absolute atomic E-state index is 12.4. The molecule has 138 valence electrons. The topological polar surface area (TPSA) is 84.5 Å². The van der Waals surface area contributed by atoms with E-state index in [2.05, 4.69) is 10.6 Å². The zero-order valence-corrected chi connectivity index (χ0v) is 16.1. The number of carbonyl (C=O) groups is 3. The van der Waals surface area contributed by atoms with Crippen LogP contribution in [0.3, 0.4) is 0 Å². The van der Waals surface area contributed by atoms with E-state index in [1.807, 2.05) is 0 Å². The Kier molecular flexibility index (Phi) is 8.19. The highest BCUT2D eigenvalue weighted by molar-refractivity contribution is 6.36. The van der Waals surface area contributed by atoms with Crippen LogP contribution >= 0.6 is 23.2 Å². The van der Waals surface area contributed by atoms with Gasteiger partial charge >= 0.3 is 5.97 Å². The van der Waals surface area contributed by atoms with Gasteiger partial charge in [0.2, 0.25) is 0 Å². The van der Waals surface area contributed by atoms with Gasteiger partial charge in [-0.3, -0.25) is 9.59 Å². The molecule has 0 aliphatic carbocycles. The molecule has 2 atom stereocenters. The van der Waals surface area contributed by atoms with Gasteiger partial charge in [0.1, 0.15) is 6.04 Å². The van der Waals surface area contributed by atoms with Crippen LogP contribution in [-0.2, 0) is 14.3 Å². The lowest BCUT2D eigenvalue weighted by Gasteiger charge is -2.23. The van der Waals surface area contributed by atoms with Crippen molar-refractivity contribution in [1.82, 2.24) is 10.6 Å². The highest BCUT2D eigenvalue weighted by Crippen LogP contribution is 2.21. The fourth-order valence-corrected chi connectivity index (χ4v) is 2.50. The maximum atomic E-state index is 12.4. The number of halogens is 2. The number of amides is 2. The van der Waals surface area contributed by atoms with Gasteiger partial charge in [0.25, 0.3) is 11.8 Å². The number of carbonyl (C=O) groups excluding carboxylic acids is 3. The molecular formula is C17H22Cl2N2O4. The Morgan fingerprint density at radius 3 is 2.32 bits per heavy atom. The van der Waals surface area contributed by atoms with Gasteiger partial charge in [0.05, 0.1) is 10.6 Å². The molecule has 0 aromatic heterocycles. The Morgan fingerprint density at radius 2 is 1.80 bits per heavy atom. The average Bonchev–Trinajstić information content (AvgIpc) is 2.51. The number of rotatable bonds is 7. The van der Waals surface area contributed by atoms with Crippen LogP contribution in [-0.4, -0.2) is 36.5 Å². The molecule has 1 aromatic carbocycles. The fourth-order valence-electron chi connectivity index (χ4n) is 2.01. The third-order valence-electron chi connectivity index (χ3n) is 3.40. The molecule has 2 N–H and O–H groups in total. The Labute approximate surface area is 157 Å². The Bertz CT molecular complexity index is 650. The minimum absolute atomic E-state index is 0.177. The van der Waals surface area contributed by atoms with Crippen LogP contribution in [0.1, 0.15) is 38.1 Å². The van der Waals surface area contributed by atoms with Crippen LogP contribution in [0.25, 0.3) is 0 Å². The van der Waals surface area contributed by atoms with Gasteiger partial charge in [-0.05, 0) is 38.0 Å². The van der Waals surface area contributed by atoms with E-state index in [0.717, 1.165) is 0 Å². The number of hydrogen-bond acceptors (Lipinski definition) is 4. The van der Waals surface area contributed by atoms with E-state index in [0.29, 0.717) is 11.6 Å². The second kappa shape index (κ2) is 9.63. The lowest BCUT2D eigenvalue weighted by atomic mass is 10.0. The first-order valence-electron chi connectivity index (χ1n) is 7.91. The number of nitrogens with one attached hydrogen (secondary N) is 2. The second-order valence-electron chi connectivity index (χ2n) is 5.79. The standard InChI is InChI=1S/C17H22Cl2N2O4/c1-5-20-15(22)10(4)25-17(24)14(9(2)3)21-16(23)12-7-6-11(18)8-13(12)19/h6-10,14H,5H2,1-4H3,(H,20,22)(H,21,23)/t10-,14-/m0/s1. The first kappa shape index (κ1) is 21.3. The van der Waals surface area contributed by atoms with Crippen LogP contribution in [0.5, 0.6) is 0 Å². The molecule has 0 unspecified atom stereocenters. The average molecular weight is 389 g/mol. The highest BCUT2D eigenvalue weighted by atomic mass is 35.5. The first-order valence-corrected chi connectivity index (χ1v) is 8.67. The molecule has 0 spiro atoms. The summed E-state index contributed by atoms with van der Waals surface area (Å²) < 4.78 is 5.15. The Hall–Kier alpha value is -1.79. The van der Waals surface area contributed by atoms with Crippen LogP contribution in [0.4, 0.5) is 0 Å². The monoisotopic (exact) mass is 388 g/mol. The van der Waals surface area contributed by atoms with Crippen molar-refractivity contribution in [3.8, 4) is 0 Å². The lowest BCUT2D eigenvalue weighted by molar-refractivity contribution is -0.157. The molecule has 0 heterocycles. The van der Waals surface area contributed by atoms with Gasteiger partial charge in [-0.15, -0.1) is 0 Å². The molecule has 0 radical (unpaired) electrons. The van der Waals surface area contributed by atoms with Gasteiger partial charge in [-0.25, -0.2) is 4.79 Å².